The van der Waals surface area contributed by atoms with E-state index in [0.717, 1.165) is 38.4 Å². The largest absolute Gasteiger partial charge is 0.508 e. The van der Waals surface area contributed by atoms with Crippen LogP contribution in [0, 0.1) is 0 Å². The fourth-order valence-electron chi connectivity index (χ4n) is 3.17. The third-order valence-electron chi connectivity index (χ3n) is 4.28. The van der Waals surface area contributed by atoms with Gasteiger partial charge in [0.15, 0.2) is 0 Å². The number of phenolic OH excluding ortho intramolecular Hbond substituents is 1. The number of aromatic hydroxyl groups is 1. The molecule has 2 atom stereocenters. The minimum absolute atomic E-state index is 0.148. The van der Waals surface area contributed by atoms with E-state index in [1.54, 1.807) is 18.2 Å². The summed E-state index contributed by atoms with van der Waals surface area (Å²) in [5, 5.41) is 20.8. The van der Waals surface area contributed by atoms with Crippen molar-refractivity contribution in [1.82, 2.24) is 9.80 Å². The number of likely N-dealkylation sites (tertiary alicyclic amines) is 1. The lowest BCUT2D eigenvalue weighted by atomic mass is 10.1. The number of ether oxygens (including phenoxy) is 1. The molecule has 2 N–H and O–H groups in total. The van der Waals surface area contributed by atoms with Crippen molar-refractivity contribution >= 4 is 11.6 Å². The molecule has 0 aromatic heterocycles. The van der Waals surface area contributed by atoms with Crippen molar-refractivity contribution in [2.24, 2.45) is 0 Å². The molecule has 0 spiro atoms. The number of benzene rings is 1. The maximum absolute atomic E-state index is 10.3. The van der Waals surface area contributed by atoms with Crippen LogP contribution in [-0.2, 0) is 11.3 Å². The van der Waals surface area contributed by atoms with Gasteiger partial charge in [-0.1, -0.05) is 11.6 Å². The van der Waals surface area contributed by atoms with Crippen molar-refractivity contribution in [3.63, 3.8) is 0 Å². The maximum atomic E-state index is 10.3. The van der Waals surface area contributed by atoms with E-state index in [-0.39, 0.29) is 17.9 Å². The van der Waals surface area contributed by atoms with Crippen LogP contribution in [0.25, 0.3) is 0 Å². The quantitative estimate of drug-likeness (QED) is 0.869. The van der Waals surface area contributed by atoms with Crippen LogP contribution >= 0.6 is 11.6 Å². The average Bonchev–Trinajstić information content (AvgIpc) is 2.84. The molecule has 3 rings (SSSR count). The summed E-state index contributed by atoms with van der Waals surface area (Å²) in [6.07, 6.45) is -0.357. The molecule has 0 bridgehead atoms. The number of aliphatic hydroxyl groups excluding tert-OH is 1. The second-order valence-corrected chi connectivity index (χ2v) is 6.19. The van der Waals surface area contributed by atoms with E-state index in [4.69, 9.17) is 16.3 Å². The molecule has 0 unspecified atom stereocenters. The zero-order valence-electron chi connectivity index (χ0n) is 11.9. The van der Waals surface area contributed by atoms with Gasteiger partial charge in [0.05, 0.1) is 19.3 Å². The number of phenols is 1. The van der Waals surface area contributed by atoms with Crippen molar-refractivity contribution in [2.45, 2.75) is 18.7 Å². The van der Waals surface area contributed by atoms with Crippen molar-refractivity contribution in [3.05, 3.63) is 28.8 Å². The number of hydrogen-bond acceptors (Lipinski definition) is 5. The Morgan fingerprint density at radius 3 is 2.76 bits per heavy atom. The summed E-state index contributed by atoms with van der Waals surface area (Å²) >= 11 is 5.98. The molecular formula is C15H21ClN2O3. The topological polar surface area (TPSA) is 56.2 Å². The molecule has 0 radical (unpaired) electrons. The van der Waals surface area contributed by atoms with E-state index in [1.165, 1.54) is 0 Å². The molecule has 0 saturated carbocycles. The fourth-order valence-corrected chi connectivity index (χ4v) is 3.36. The van der Waals surface area contributed by atoms with Crippen molar-refractivity contribution < 1.29 is 14.9 Å². The first-order valence-electron chi connectivity index (χ1n) is 7.33. The van der Waals surface area contributed by atoms with Crippen LogP contribution < -0.4 is 0 Å². The highest BCUT2D eigenvalue weighted by Gasteiger charge is 2.36. The summed E-state index contributed by atoms with van der Waals surface area (Å²) in [6, 6.07) is 5.22. The smallest absolute Gasteiger partial charge is 0.120 e. The first-order valence-corrected chi connectivity index (χ1v) is 7.71. The third-order valence-corrected chi connectivity index (χ3v) is 4.52. The molecule has 0 aliphatic carbocycles. The molecular weight excluding hydrogens is 292 g/mol. The van der Waals surface area contributed by atoms with Crippen LogP contribution in [0.1, 0.15) is 5.56 Å². The number of β-amino-alcohol motifs (C(OH)–C–C–N with tert-alkyl or cyclic N) is 1. The van der Waals surface area contributed by atoms with Gasteiger partial charge < -0.3 is 14.9 Å². The summed E-state index contributed by atoms with van der Waals surface area (Å²) in [5.41, 5.74) is 0.803. The Hall–Kier alpha value is -0.850. The van der Waals surface area contributed by atoms with Gasteiger partial charge in [0.1, 0.15) is 5.75 Å². The second-order valence-electron chi connectivity index (χ2n) is 5.75. The van der Waals surface area contributed by atoms with Gasteiger partial charge in [0.25, 0.3) is 0 Å². The molecule has 6 heteroatoms. The van der Waals surface area contributed by atoms with E-state index < -0.39 is 0 Å². The maximum Gasteiger partial charge on any atom is 0.120 e. The van der Waals surface area contributed by atoms with Crippen LogP contribution in [0.3, 0.4) is 0 Å². The Labute approximate surface area is 129 Å². The number of rotatable bonds is 3. The zero-order valence-corrected chi connectivity index (χ0v) is 12.7. The Balaban J connectivity index is 1.64. The van der Waals surface area contributed by atoms with Gasteiger partial charge >= 0.3 is 0 Å². The summed E-state index contributed by atoms with van der Waals surface area (Å²) in [6.45, 7) is 5.23. The van der Waals surface area contributed by atoms with Gasteiger partial charge in [-0.2, -0.15) is 0 Å². The van der Waals surface area contributed by atoms with Crippen LogP contribution in [0.2, 0.25) is 5.02 Å². The van der Waals surface area contributed by atoms with E-state index in [1.807, 2.05) is 0 Å². The van der Waals surface area contributed by atoms with Crippen LogP contribution in [0.15, 0.2) is 18.2 Å². The highest BCUT2D eigenvalue weighted by molar-refractivity contribution is 6.30. The number of aliphatic hydroxyl groups is 1. The lowest BCUT2D eigenvalue weighted by Gasteiger charge is -2.33. The molecule has 21 heavy (non-hydrogen) atoms. The van der Waals surface area contributed by atoms with E-state index in [0.29, 0.717) is 18.1 Å². The molecule has 2 aliphatic heterocycles. The monoisotopic (exact) mass is 312 g/mol. The number of morpholine rings is 1. The summed E-state index contributed by atoms with van der Waals surface area (Å²) in [7, 11) is 0. The molecule has 2 aliphatic rings. The van der Waals surface area contributed by atoms with Crippen molar-refractivity contribution in [2.75, 3.05) is 39.4 Å². The standard InChI is InChI=1S/C15H21ClN2O3/c16-12-1-2-14(19)11(7-12)8-17-9-13(15(20)10-17)18-3-5-21-6-4-18/h1-2,7,13,15,19-20H,3-6,8-10H2/t13-,15-/m0/s1. The summed E-state index contributed by atoms with van der Waals surface area (Å²) in [5.74, 6) is 0.253. The molecule has 1 aromatic carbocycles. The lowest BCUT2D eigenvalue weighted by molar-refractivity contribution is -0.00618. The Morgan fingerprint density at radius 1 is 1.24 bits per heavy atom. The second kappa shape index (κ2) is 6.50. The van der Waals surface area contributed by atoms with Gasteiger partial charge in [-0.25, -0.2) is 0 Å². The predicted molar refractivity (Wildman–Crippen MR) is 80.6 cm³/mol. The van der Waals surface area contributed by atoms with Gasteiger partial charge in [-0.05, 0) is 18.2 Å². The van der Waals surface area contributed by atoms with Crippen molar-refractivity contribution in [3.8, 4) is 5.75 Å². The zero-order chi connectivity index (χ0) is 14.8. The first-order chi connectivity index (χ1) is 10.1. The molecule has 2 saturated heterocycles. The third kappa shape index (κ3) is 3.49. The summed E-state index contributed by atoms with van der Waals surface area (Å²) in [4.78, 5) is 4.46. The fraction of sp³-hybridized carbons (Fsp3) is 0.600. The number of nitrogens with zero attached hydrogens (tertiary/aromatic N) is 2. The van der Waals surface area contributed by atoms with Crippen molar-refractivity contribution in [1.29, 1.82) is 0 Å². The van der Waals surface area contributed by atoms with E-state index >= 15 is 0 Å². The van der Waals surface area contributed by atoms with E-state index in [2.05, 4.69) is 9.80 Å². The highest BCUT2D eigenvalue weighted by Crippen LogP contribution is 2.26. The molecule has 2 fully saturated rings. The molecule has 116 valence electrons. The molecule has 2 heterocycles. The highest BCUT2D eigenvalue weighted by atomic mass is 35.5. The molecule has 0 amide bonds. The number of halogens is 1. The molecule has 1 aromatic rings. The summed E-state index contributed by atoms with van der Waals surface area (Å²) < 4.78 is 5.36. The number of hydrogen-bond donors (Lipinski definition) is 2. The van der Waals surface area contributed by atoms with E-state index in [9.17, 15) is 10.2 Å². The van der Waals surface area contributed by atoms with Crippen LogP contribution in [0.5, 0.6) is 5.75 Å². The average molecular weight is 313 g/mol. The normalized spacial score (nSPS) is 28.1. The minimum atomic E-state index is -0.357. The van der Waals surface area contributed by atoms with Gasteiger partial charge in [0.2, 0.25) is 0 Å². The lowest BCUT2D eigenvalue weighted by Crippen LogP contribution is -2.48. The molecule has 5 nitrogen and oxygen atoms in total. The first kappa shape index (κ1) is 15.1. The van der Waals surface area contributed by atoms with Crippen LogP contribution in [-0.4, -0.2) is 71.6 Å². The Morgan fingerprint density at radius 2 is 2.00 bits per heavy atom. The Bertz CT molecular complexity index is 494. The van der Waals surface area contributed by atoms with Gasteiger partial charge in [-0.3, -0.25) is 9.80 Å². The SMILES string of the molecule is Oc1ccc(Cl)cc1CN1C[C@H](O)[C@@H](N2CCOCC2)C1. The van der Waals surface area contributed by atoms with Gasteiger partial charge in [-0.15, -0.1) is 0 Å². The predicted octanol–water partition coefficient (Wildman–Crippen LogP) is 0.923. The Kier molecular flexibility index (Phi) is 4.66. The van der Waals surface area contributed by atoms with Gasteiger partial charge in [0, 0.05) is 49.4 Å². The van der Waals surface area contributed by atoms with Crippen LogP contribution in [0.4, 0.5) is 0 Å². The minimum Gasteiger partial charge on any atom is -0.508 e.